The lowest BCUT2D eigenvalue weighted by molar-refractivity contribution is 0.510. The molecule has 6 aromatic carbocycles. The van der Waals surface area contributed by atoms with E-state index in [4.69, 9.17) is 0 Å². The molecule has 0 saturated carbocycles. The van der Waals surface area contributed by atoms with Gasteiger partial charge in [-0.25, -0.2) is 30.7 Å². The number of H-pyrrole nitrogens is 6. The molecule has 6 aromatic heterocycles. The molecule has 0 unspecified atom stereocenters. The fourth-order valence-electron chi connectivity index (χ4n) is 7.38. The highest BCUT2D eigenvalue weighted by Crippen LogP contribution is 2.24. The lowest BCUT2D eigenvalue weighted by Crippen LogP contribution is -1.89. The molecule has 0 aliphatic rings. The molecule has 0 spiro atoms. The molecule has 6 heterocycles. The Labute approximate surface area is 463 Å². The Morgan fingerprint density at radius 3 is 1.34 bits per heavy atom. The summed E-state index contributed by atoms with van der Waals surface area (Å²) in [6.07, 6.45) is 10.4. The van der Waals surface area contributed by atoms with Crippen molar-refractivity contribution in [1.29, 1.82) is 0 Å². The highest BCUT2D eigenvalue weighted by Gasteiger charge is 2.11. The van der Waals surface area contributed by atoms with Crippen molar-refractivity contribution < 1.29 is 30.7 Å². The van der Waals surface area contributed by atoms with Gasteiger partial charge in [0.2, 0.25) is 0 Å². The summed E-state index contributed by atoms with van der Waals surface area (Å²) >= 11 is 0. The van der Waals surface area contributed by atoms with Crippen molar-refractivity contribution in [2.45, 2.75) is 125 Å². The second kappa shape index (κ2) is 36.2. The maximum Gasteiger partial charge on any atom is 0.183 e. The third-order valence-corrected chi connectivity index (χ3v) is 11.1. The maximum absolute atomic E-state index is 13.2. The van der Waals surface area contributed by atoms with Crippen LogP contribution in [0.2, 0.25) is 0 Å². The van der Waals surface area contributed by atoms with Gasteiger partial charge in [-0.15, -0.1) is 0 Å². The van der Waals surface area contributed by atoms with Gasteiger partial charge in [0, 0.05) is 80.7 Å². The van der Waals surface area contributed by atoms with E-state index < -0.39 is 11.6 Å². The summed E-state index contributed by atoms with van der Waals surface area (Å²) in [5.41, 5.74) is 8.72. The number of hydrogen-bond donors (Lipinski definition) is 6. The van der Waals surface area contributed by atoms with Gasteiger partial charge in [0.25, 0.3) is 0 Å². The first-order valence-corrected chi connectivity index (χ1v) is 27.2. The molecule has 6 N–H and O–H groups in total. The van der Waals surface area contributed by atoms with Gasteiger partial charge in [-0.1, -0.05) is 107 Å². The van der Waals surface area contributed by atoms with Crippen LogP contribution in [0.5, 0.6) is 0 Å². The molecule has 0 atom stereocenters. The van der Waals surface area contributed by atoms with Crippen LogP contribution in [0.1, 0.15) is 116 Å². The predicted molar refractivity (Wildman–Crippen MR) is 326 cm³/mol. The van der Waals surface area contributed by atoms with Crippen LogP contribution in [0.3, 0.4) is 0 Å². The highest BCUT2D eigenvalue weighted by molar-refractivity contribution is 5.84. The fraction of sp³-hybridized carbons (Fsp3) is 0.273. The summed E-state index contributed by atoms with van der Waals surface area (Å²) in [5, 5.41) is 4.69. The lowest BCUT2D eigenvalue weighted by Gasteiger charge is -1.98. The van der Waals surface area contributed by atoms with Gasteiger partial charge in [-0.05, 0) is 159 Å². The van der Waals surface area contributed by atoms with Crippen LogP contribution in [0.25, 0.3) is 65.4 Å². The maximum atomic E-state index is 13.2. The number of benzene rings is 6. The van der Waals surface area contributed by atoms with Gasteiger partial charge in [-0.2, -0.15) is 0 Å². The van der Waals surface area contributed by atoms with Crippen LogP contribution in [0.15, 0.2) is 140 Å². The Bertz CT molecular complexity index is 3450. The number of rotatable bonds is 0. The van der Waals surface area contributed by atoms with Crippen LogP contribution < -0.4 is 0 Å². The van der Waals surface area contributed by atoms with Crippen LogP contribution in [0.4, 0.5) is 30.7 Å². The Kier molecular flexibility index (Phi) is 31.7. The second-order valence-corrected chi connectivity index (χ2v) is 16.0. The molecule has 6 nitrogen and oxygen atoms in total. The van der Waals surface area contributed by atoms with Gasteiger partial charge in [0.1, 0.15) is 29.1 Å². The summed E-state index contributed by atoms with van der Waals surface area (Å²) in [7, 11) is 0. The lowest BCUT2D eigenvalue weighted by atomic mass is 10.1. The fourth-order valence-corrected chi connectivity index (χ4v) is 7.38. The van der Waals surface area contributed by atoms with Crippen LogP contribution in [-0.4, -0.2) is 29.9 Å². The van der Waals surface area contributed by atoms with Crippen molar-refractivity contribution in [3.8, 4) is 0 Å². The molecule has 13 heteroatoms. The number of aryl methyl sites for hydroxylation is 6. The van der Waals surface area contributed by atoms with E-state index in [2.05, 4.69) is 29.9 Å². The van der Waals surface area contributed by atoms with Crippen LogP contribution in [-0.2, 0) is 0 Å². The zero-order valence-corrected chi connectivity index (χ0v) is 49.4. The first-order chi connectivity index (χ1) is 38.1. The number of hydrogen-bond acceptors (Lipinski definition) is 0. The topological polar surface area (TPSA) is 94.7 Å². The molecule has 0 radical (unpaired) electrons. The Morgan fingerprint density at radius 2 is 0.709 bits per heavy atom. The third-order valence-electron chi connectivity index (χ3n) is 11.1. The molecular formula is C66H83F7N6. The summed E-state index contributed by atoms with van der Waals surface area (Å²) in [6.45, 7) is 34.7. The van der Waals surface area contributed by atoms with Crippen molar-refractivity contribution in [3.05, 3.63) is 214 Å². The van der Waals surface area contributed by atoms with E-state index in [-0.39, 0.29) is 34.6 Å². The predicted octanol–water partition coefficient (Wildman–Crippen LogP) is 22.0. The molecule has 0 aliphatic carbocycles. The molecule has 0 amide bonds. The van der Waals surface area contributed by atoms with E-state index in [1.165, 1.54) is 18.2 Å². The van der Waals surface area contributed by atoms with Gasteiger partial charge >= 0.3 is 0 Å². The largest absolute Gasteiger partial charge is 0.361 e. The quantitative estimate of drug-likeness (QED) is 0.0817. The average molecular weight is 1090 g/mol. The van der Waals surface area contributed by atoms with Crippen LogP contribution >= 0.6 is 0 Å². The van der Waals surface area contributed by atoms with Crippen molar-refractivity contribution in [2.75, 3.05) is 0 Å². The average Bonchev–Trinajstić information content (AvgIpc) is 4.37. The van der Waals surface area contributed by atoms with E-state index in [9.17, 15) is 30.7 Å². The highest BCUT2D eigenvalue weighted by atomic mass is 19.2. The van der Waals surface area contributed by atoms with Crippen molar-refractivity contribution in [1.82, 2.24) is 29.9 Å². The Balaban J connectivity index is 0.000000456. The minimum Gasteiger partial charge on any atom is -0.361 e. The molecule has 0 aliphatic heterocycles. The third kappa shape index (κ3) is 18.9. The van der Waals surface area contributed by atoms with Gasteiger partial charge in [0.05, 0.1) is 16.6 Å². The Hall–Kier alpha value is -7.93. The smallest absolute Gasteiger partial charge is 0.183 e. The number of aromatic amines is 6. The van der Waals surface area contributed by atoms with E-state index in [1.54, 1.807) is 107 Å². The number of fused-ring (bicyclic) bond motifs is 6. The van der Waals surface area contributed by atoms with Crippen LogP contribution in [0, 0.1) is 82.3 Å². The minimum absolute atomic E-state index is 0.122. The number of aromatic nitrogens is 6. The molecule has 0 fully saturated rings. The van der Waals surface area contributed by atoms with Gasteiger partial charge in [-0.3, -0.25) is 0 Å². The first kappa shape index (κ1) is 69.1. The summed E-state index contributed by atoms with van der Waals surface area (Å²) in [5.74, 6) is -2.30. The number of halogens is 7. The minimum atomic E-state index is -0.796. The van der Waals surface area contributed by atoms with E-state index >= 15 is 0 Å². The van der Waals surface area contributed by atoms with Crippen molar-refractivity contribution in [2.24, 2.45) is 0 Å². The van der Waals surface area contributed by atoms with E-state index in [0.29, 0.717) is 49.3 Å². The standard InChI is InChI=1S/C9H7F2N.5C9H8FN.6C2H6/c1-5-4-6-2-3-12-9(6)8(11)7(5)10;1-6-4-7-2-3-11-9(7)5-8(6)10;1-6-4-8(10)7-2-3-11-9(7)5-6;1-6-2-3-8-7(9(6)10)4-5-11-8;1-6-2-3-8(10)7-4-5-11-9(6)7;1-6-2-3-7-4-5-11-9(7)8(6)10;6*1-2/h2-4,12H,1H3;5*2-5,11H,1H3;6*1-2H3. The molecule has 12 rings (SSSR count). The summed E-state index contributed by atoms with van der Waals surface area (Å²) in [4.78, 5) is 17.3. The summed E-state index contributed by atoms with van der Waals surface area (Å²) in [6, 6.07) is 29.8. The van der Waals surface area contributed by atoms with Crippen molar-refractivity contribution >= 4 is 65.4 Å². The van der Waals surface area contributed by atoms with E-state index in [1.807, 2.05) is 140 Å². The van der Waals surface area contributed by atoms with E-state index in [0.717, 1.165) is 44.0 Å². The monoisotopic (exact) mass is 1090 g/mol. The number of nitrogens with one attached hydrogen (secondary N) is 6. The Morgan fingerprint density at radius 1 is 0.253 bits per heavy atom. The molecular weight excluding hydrogens is 1010 g/mol. The summed E-state index contributed by atoms with van der Waals surface area (Å²) < 4.78 is 91.4. The van der Waals surface area contributed by atoms with Crippen molar-refractivity contribution in [3.63, 3.8) is 0 Å². The molecule has 0 bridgehead atoms. The zero-order chi connectivity index (χ0) is 59.9. The zero-order valence-electron chi connectivity index (χ0n) is 49.4. The first-order valence-electron chi connectivity index (χ1n) is 27.2. The molecule has 79 heavy (non-hydrogen) atoms. The normalized spacial score (nSPS) is 9.58. The molecule has 426 valence electrons. The van der Waals surface area contributed by atoms with Gasteiger partial charge in [0.15, 0.2) is 11.6 Å². The molecule has 12 aromatic rings. The van der Waals surface area contributed by atoms with Gasteiger partial charge < -0.3 is 29.9 Å². The molecule has 0 saturated heterocycles. The second-order valence-electron chi connectivity index (χ2n) is 16.0. The SMILES string of the molecule is CC.CC.CC.CC.CC.CC.Cc1cc(F)c2cc[nH]c2c1.Cc1cc2cc[nH]c2c(F)c1F.Cc1cc2cc[nH]c2cc1F.Cc1ccc(F)c2cc[nH]c12.Cc1ccc2[nH]ccc2c1F.Cc1ccc2cc[nH]c2c1F.